The van der Waals surface area contributed by atoms with Gasteiger partial charge in [-0.2, -0.15) is 0 Å². The predicted molar refractivity (Wildman–Crippen MR) is 98.2 cm³/mol. The van der Waals surface area contributed by atoms with E-state index in [1.165, 1.54) is 18.9 Å². The van der Waals surface area contributed by atoms with Gasteiger partial charge in [0.05, 0.1) is 0 Å². The molecule has 1 fully saturated rings. The Morgan fingerprint density at radius 3 is 2.48 bits per heavy atom. The van der Waals surface area contributed by atoms with E-state index in [0.717, 1.165) is 35.9 Å². The van der Waals surface area contributed by atoms with Gasteiger partial charge in [0.2, 0.25) is 0 Å². The van der Waals surface area contributed by atoms with Crippen LogP contribution in [0, 0.1) is 12.8 Å². The molecule has 0 radical (unpaired) electrons. The second-order valence-corrected chi connectivity index (χ2v) is 8.63. The number of pyridine rings is 2. The van der Waals surface area contributed by atoms with Crippen molar-refractivity contribution in [2.24, 2.45) is 5.92 Å². The fraction of sp³-hybridized carbons (Fsp3) is 0.368. The lowest BCUT2D eigenvalue weighted by molar-refractivity contribution is 0.598. The molecule has 1 aliphatic carbocycles. The van der Waals surface area contributed by atoms with Crippen molar-refractivity contribution >= 4 is 15.4 Å². The van der Waals surface area contributed by atoms with Crippen LogP contribution in [0.4, 0.5) is 0 Å². The molecule has 1 N–H and O–H groups in total. The number of rotatable bonds is 4. The van der Waals surface area contributed by atoms with Gasteiger partial charge in [0.15, 0.2) is 14.9 Å². The Balaban J connectivity index is 2.07. The third-order valence-electron chi connectivity index (χ3n) is 4.63. The molecule has 0 saturated heterocycles. The fourth-order valence-electron chi connectivity index (χ4n) is 3.16. The summed E-state index contributed by atoms with van der Waals surface area (Å²) in [4.78, 5) is 19.0. The van der Waals surface area contributed by atoms with E-state index in [9.17, 15) is 13.2 Å². The number of allylic oxidation sites excluding steroid dienone is 1. The Morgan fingerprint density at radius 2 is 1.92 bits per heavy atom. The van der Waals surface area contributed by atoms with E-state index in [2.05, 4.69) is 16.0 Å². The van der Waals surface area contributed by atoms with Gasteiger partial charge >= 0.3 is 0 Å². The smallest absolute Gasteiger partial charge is 0.251 e. The molecule has 2 aromatic heterocycles. The second kappa shape index (κ2) is 6.96. The molecule has 5 nitrogen and oxygen atoms in total. The van der Waals surface area contributed by atoms with Gasteiger partial charge in [0, 0.05) is 34.8 Å². The number of aromatic nitrogens is 2. The van der Waals surface area contributed by atoms with Gasteiger partial charge in [-0.3, -0.25) is 4.79 Å². The topological polar surface area (TPSA) is 79.9 Å². The molecule has 3 rings (SSSR count). The maximum absolute atomic E-state index is 12.0. The van der Waals surface area contributed by atoms with Crippen LogP contribution in [0.5, 0.6) is 0 Å². The molecule has 25 heavy (non-hydrogen) atoms. The zero-order chi connectivity index (χ0) is 18.0. The fourth-order valence-corrected chi connectivity index (χ4v) is 3.72. The summed E-state index contributed by atoms with van der Waals surface area (Å²) in [6.07, 6.45) is 9.58. The molecular formula is C19H22N2O3S. The minimum Gasteiger partial charge on any atom is -0.322 e. The van der Waals surface area contributed by atoms with Crippen molar-refractivity contribution < 1.29 is 8.42 Å². The molecule has 0 aliphatic heterocycles. The summed E-state index contributed by atoms with van der Waals surface area (Å²) in [5, 5.41) is 0.0499. The van der Waals surface area contributed by atoms with Crippen LogP contribution in [0.15, 0.2) is 46.4 Å². The maximum atomic E-state index is 12.0. The van der Waals surface area contributed by atoms with E-state index in [-0.39, 0.29) is 10.6 Å². The lowest BCUT2D eigenvalue weighted by Crippen LogP contribution is -2.11. The molecule has 0 bridgehead atoms. The molecule has 1 saturated carbocycles. The highest BCUT2D eigenvalue weighted by atomic mass is 32.2. The monoisotopic (exact) mass is 358 g/mol. The number of aryl methyl sites for hydroxylation is 1. The van der Waals surface area contributed by atoms with Gasteiger partial charge in [0.25, 0.3) is 5.56 Å². The molecule has 132 valence electrons. The van der Waals surface area contributed by atoms with E-state index in [4.69, 9.17) is 0 Å². The zero-order valence-corrected chi connectivity index (χ0v) is 15.3. The first-order valence-electron chi connectivity index (χ1n) is 8.43. The minimum atomic E-state index is -3.33. The summed E-state index contributed by atoms with van der Waals surface area (Å²) >= 11 is 0. The van der Waals surface area contributed by atoms with Crippen LogP contribution in [0.1, 0.15) is 42.5 Å². The molecule has 1 aliphatic rings. The number of nitrogens with zero attached hydrogens (tertiary/aromatic N) is 1. The molecule has 2 aromatic rings. The highest BCUT2D eigenvalue weighted by Gasteiger charge is 2.17. The van der Waals surface area contributed by atoms with Gasteiger partial charge < -0.3 is 4.98 Å². The standard InChI is InChI=1S/C19H22N2O3S/c1-13-7-9-17(21-19(13)22)16(11-14-5-3-4-6-14)15-8-10-18(20-12-15)25(2,23)24/h7-12,14H,3-6H2,1-2H3,(H,21,22)/b16-11+. The Labute approximate surface area is 147 Å². The minimum absolute atomic E-state index is 0.0499. The Hall–Kier alpha value is -2.21. The van der Waals surface area contributed by atoms with Crippen molar-refractivity contribution in [1.29, 1.82) is 0 Å². The molecule has 0 atom stereocenters. The van der Waals surface area contributed by atoms with Crippen LogP contribution >= 0.6 is 0 Å². The van der Waals surface area contributed by atoms with Gasteiger partial charge in [-0.25, -0.2) is 13.4 Å². The average molecular weight is 358 g/mol. The van der Waals surface area contributed by atoms with Crippen molar-refractivity contribution in [3.63, 3.8) is 0 Å². The normalized spacial score (nSPS) is 16.3. The highest BCUT2D eigenvalue weighted by Crippen LogP contribution is 2.31. The number of hydrogen-bond donors (Lipinski definition) is 1. The number of nitrogens with one attached hydrogen (secondary N) is 1. The summed E-state index contributed by atoms with van der Waals surface area (Å²) in [5.41, 5.74) is 2.98. The van der Waals surface area contributed by atoms with Crippen molar-refractivity contribution in [1.82, 2.24) is 9.97 Å². The second-order valence-electron chi connectivity index (χ2n) is 6.67. The van der Waals surface area contributed by atoms with Gasteiger partial charge in [-0.05, 0) is 43.9 Å². The zero-order valence-electron chi connectivity index (χ0n) is 14.5. The summed E-state index contributed by atoms with van der Waals surface area (Å²) in [6, 6.07) is 6.96. The number of hydrogen-bond acceptors (Lipinski definition) is 4. The van der Waals surface area contributed by atoms with Crippen molar-refractivity contribution in [3.8, 4) is 0 Å². The van der Waals surface area contributed by atoms with Crippen molar-refractivity contribution in [3.05, 3.63) is 63.7 Å². The third kappa shape index (κ3) is 4.07. The van der Waals surface area contributed by atoms with Crippen LogP contribution in [0.3, 0.4) is 0 Å². The van der Waals surface area contributed by atoms with Crippen LogP contribution < -0.4 is 5.56 Å². The number of H-pyrrole nitrogens is 1. The largest absolute Gasteiger partial charge is 0.322 e. The molecule has 6 heteroatoms. The first-order chi connectivity index (χ1) is 11.8. The summed E-state index contributed by atoms with van der Waals surface area (Å²) < 4.78 is 23.2. The number of sulfone groups is 1. The molecule has 0 unspecified atom stereocenters. The lowest BCUT2D eigenvalue weighted by Gasteiger charge is -2.12. The van der Waals surface area contributed by atoms with Gasteiger partial charge in [0.1, 0.15) is 0 Å². The molecule has 0 aromatic carbocycles. The summed E-state index contributed by atoms with van der Waals surface area (Å²) in [6.45, 7) is 1.77. The molecule has 0 amide bonds. The summed E-state index contributed by atoms with van der Waals surface area (Å²) in [5.74, 6) is 0.467. The van der Waals surface area contributed by atoms with Gasteiger partial charge in [-0.1, -0.05) is 25.0 Å². The Kier molecular flexibility index (Phi) is 4.90. The molecular weight excluding hydrogens is 336 g/mol. The van der Waals surface area contributed by atoms with Crippen molar-refractivity contribution in [2.75, 3.05) is 6.26 Å². The van der Waals surface area contributed by atoms with Crippen LogP contribution in [0.25, 0.3) is 5.57 Å². The van der Waals surface area contributed by atoms with E-state index < -0.39 is 9.84 Å². The third-order valence-corrected chi connectivity index (χ3v) is 5.63. The van der Waals surface area contributed by atoms with Crippen LogP contribution in [0.2, 0.25) is 0 Å². The Bertz CT molecular complexity index is 951. The van der Waals surface area contributed by atoms with E-state index in [0.29, 0.717) is 11.5 Å². The Morgan fingerprint density at radius 1 is 1.20 bits per heavy atom. The first-order valence-corrected chi connectivity index (χ1v) is 10.3. The van der Waals surface area contributed by atoms with E-state index in [1.807, 2.05) is 6.07 Å². The average Bonchev–Trinajstić information content (AvgIpc) is 3.08. The van der Waals surface area contributed by atoms with Crippen LogP contribution in [-0.2, 0) is 9.84 Å². The SMILES string of the molecule is Cc1ccc(/C(=C/C2CCCC2)c2ccc(S(C)(=O)=O)nc2)[nH]c1=O. The summed E-state index contributed by atoms with van der Waals surface area (Å²) in [7, 11) is -3.33. The van der Waals surface area contributed by atoms with Crippen LogP contribution in [-0.4, -0.2) is 24.6 Å². The van der Waals surface area contributed by atoms with E-state index in [1.54, 1.807) is 25.3 Å². The molecule has 2 heterocycles. The van der Waals surface area contributed by atoms with Crippen molar-refractivity contribution in [2.45, 2.75) is 37.6 Å². The predicted octanol–water partition coefficient (Wildman–Crippen LogP) is 3.10. The quantitative estimate of drug-likeness (QED) is 0.911. The highest BCUT2D eigenvalue weighted by molar-refractivity contribution is 7.90. The first kappa shape index (κ1) is 17.6. The lowest BCUT2D eigenvalue weighted by atomic mass is 9.97. The number of aromatic amines is 1. The molecule has 0 spiro atoms. The van der Waals surface area contributed by atoms with Gasteiger partial charge in [-0.15, -0.1) is 0 Å². The van der Waals surface area contributed by atoms with E-state index >= 15 is 0 Å². The maximum Gasteiger partial charge on any atom is 0.251 e.